The Hall–Kier alpha value is -0.0800. The average Bonchev–Trinajstić information content (AvgIpc) is 2.85. The number of hydrogen-bond acceptors (Lipinski definition) is 2. The molecule has 0 amide bonds. The highest BCUT2D eigenvalue weighted by Crippen LogP contribution is 2.43. The summed E-state index contributed by atoms with van der Waals surface area (Å²) in [6, 6.07) is 0.912. The van der Waals surface area contributed by atoms with Gasteiger partial charge in [-0.1, -0.05) is 6.42 Å². The molecule has 0 spiro atoms. The van der Waals surface area contributed by atoms with Gasteiger partial charge in [-0.25, -0.2) is 0 Å². The summed E-state index contributed by atoms with van der Waals surface area (Å²) in [5, 5.41) is 0. The molecule has 2 rings (SSSR count). The van der Waals surface area contributed by atoms with Crippen molar-refractivity contribution in [3.05, 3.63) is 0 Å². The Bertz CT molecular complexity index is 165. The minimum Gasteiger partial charge on any atom is -0.330 e. The van der Waals surface area contributed by atoms with E-state index in [0.717, 1.165) is 12.6 Å². The second-order valence-electron chi connectivity index (χ2n) is 5.02. The topological polar surface area (TPSA) is 29.3 Å². The van der Waals surface area contributed by atoms with Gasteiger partial charge in [-0.3, -0.25) is 0 Å². The summed E-state index contributed by atoms with van der Waals surface area (Å²) in [7, 11) is 2.26. The van der Waals surface area contributed by atoms with Gasteiger partial charge in [0.05, 0.1) is 0 Å². The highest BCUT2D eigenvalue weighted by molar-refractivity contribution is 4.90. The van der Waals surface area contributed by atoms with Crippen molar-refractivity contribution in [2.75, 3.05) is 20.1 Å². The summed E-state index contributed by atoms with van der Waals surface area (Å²) < 4.78 is 0. The van der Waals surface area contributed by atoms with Crippen LogP contribution in [0.2, 0.25) is 0 Å². The highest BCUT2D eigenvalue weighted by Gasteiger charge is 2.36. The summed E-state index contributed by atoms with van der Waals surface area (Å²) in [4.78, 5) is 2.52. The fraction of sp³-hybridized carbons (Fsp3) is 1.00. The van der Waals surface area contributed by atoms with Crippen molar-refractivity contribution in [1.82, 2.24) is 4.90 Å². The number of hydrogen-bond donors (Lipinski definition) is 1. The van der Waals surface area contributed by atoms with Crippen molar-refractivity contribution in [1.29, 1.82) is 0 Å². The van der Waals surface area contributed by atoms with Crippen LogP contribution >= 0.6 is 0 Å². The molecule has 2 saturated carbocycles. The zero-order chi connectivity index (χ0) is 9.31. The molecule has 2 nitrogen and oxygen atoms in total. The lowest BCUT2D eigenvalue weighted by Crippen LogP contribution is -2.40. The summed E-state index contributed by atoms with van der Waals surface area (Å²) in [6.45, 7) is 2.17. The zero-order valence-corrected chi connectivity index (χ0v) is 8.76. The smallest absolute Gasteiger partial charge is 0.00933 e. The average molecular weight is 182 g/mol. The number of nitrogens with two attached hydrogens (primary N) is 1. The lowest BCUT2D eigenvalue weighted by atomic mass is 9.66. The molecule has 2 fully saturated rings. The maximum atomic E-state index is 5.83. The van der Waals surface area contributed by atoms with Gasteiger partial charge < -0.3 is 10.6 Å². The van der Waals surface area contributed by atoms with E-state index in [0.29, 0.717) is 5.41 Å². The molecule has 0 saturated heterocycles. The molecule has 13 heavy (non-hydrogen) atoms. The SMILES string of the molecule is CN(CCC1(CN)CCC1)C1CC1. The van der Waals surface area contributed by atoms with E-state index in [1.807, 2.05) is 0 Å². The lowest BCUT2D eigenvalue weighted by molar-refractivity contribution is 0.110. The van der Waals surface area contributed by atoms with Crippen LogP contribution in [0.4, 0.5) is 0 Å². The molecule has 2 N–H and O–H groups in total. The third-order valence-electron chi connectivity index (χ3n) is 4.01. The molecule has 0 aromatic rings. The van der Waals surface area contributed by atoms with Crippen molar-refractivity contribution in [2.45, 2.75) is 44.6 Å². The van der Waals surface area contributed by atoms with Crippen molar-refractivity contribution < 1.29 is 0 Å². The van der Waals surface area contributed by atoms with E-state index < -0.39 is 0 Å². The maximum absolute atomic E-state index is 5.83. The van der Waals surface area contributed by atoms with E-state index in [9.17, 15) is 0 Å². The lowest BCUT2D eigenvalue weighted by Gasteiger charge is -2.42. The molecule has 0 unspecified atom stereocenters. The summed E-state index contributed by atoms with van der Waals surface area (Å²) >= 11 is 0. The summed E-state index contributed by atoms with van der Waals surface area (Å²) in [6.07, 6.45) is 8.34. The molecular weight excluding hydrogens is 160 g/mol. The first kappa shape index (κ1) is 9.47. The third kappa shape index (κ3) is 2.05. The predicted octanol–water partition coefficient (Wildman–Crippen LogP) is 1.60. The second-order valence-corrected chi connectivity index (χ2v) is 5.02. The molecule has 0 radical (unpaired) electrons. The zero-order valence-electron chi connectivity index (χ0n) is 8.76. The largest absolute Gasteiger partial charge is 0.330 e. The fourth-order valence-electron chi connectivity index (χ4n) is 2.34. The molecule has 0 aromatic carbocycles. The van der Waals surface area contributed by atoms with E-state index in [2.05, 4.69) is 11.9 Å². The van der Waals surface area contributed by atoms with Crippen molar-refractivity contribution in [3.63, 3.8) is 0 Å². The predicted molar refractivity (Wildman–Crippen MR) is 55.6 cm³/mol. The van der Waals surface area contributed by atoms with E-state index in [-0.39, 0.29) is 0 Å². The molecule has 0 aromatic heterocycles. The first-order valence-electron chi connectivity index (χ1n) is 5.66. The molecule has 0 aliphatic heterocycles. The molecular formula is C11H22N2. The van der Waals surface area contributed by atoms with Gasteiger partial charge in [-0.15, -0.1) is 0 Å². The van der Waals surface area contributed by atoms with Crippen LogP contribution in [0.15, 0.2) is 0 Å². The standard InChI is InChI=1S/C11H22N2/c1-13(10-3-4-10)8-7-11(9-12)5-2-6-11/h10H,2-9,12H2,1H3. The molecule has 2 aliphatic carbocycles. The Morgan fingerprint density at radius 1 is 1.38 bits per heavy atom. The Morgan fingerprint density at radius 2 is 2.08 bits per heavy atom. The van der Waals surface area contributed by atoms with Crippen molar-refractivity contribution >= 4 is 0 Å². The normalized spacial score (nSPS) is 26.1. The van der Waals surface area contributed by atoms with Crippen LogP contribution in [-0.2, 0) is 0 Å². The molecule has 0 heterocycles. The molecule has 0 atom stereocenters. The maximum Gasteiger partial charge on any atom is 0.00933 e. The Labute approximate surface area is 81.5 Å². The second kappa shape index (κ2) is 3.58. The van der Waals surface area contributed by atoms with Crippen LogP contribution < -0.4 is 5.73 Å². The summed E-state index contributed by atoms with van der Waals surface area (Å²) in [5.41, 5.74) is 6.37. The molecule has 2 aliphatic rings. The van der Waals surface area contributed by atoms with Gasteiger partial charge in [-0.05, 0) is 57.7 Å². The minimum absolute atomic E-state index is 0.545. The van der Waals surface area contributed by atoms with Crippen LogP contribution in [0.25, 0.3) is 0 Å². The van der Waals surface area contributed by atoms with Crippen LogP contribution in [-0.4, -0.2) is 31.1 Å². The van der Waals surface area contributed by atoms with E-state index in [4.69, 9.17) is 5.73 Å². The van der Waals surface area contributed by atoms with Gasteiger partial charge in [0.25, 0.3) is 0 Å². The third-order valence-corrected chi connectivity index (χ3v) is 4.01. The fourth-order valence-corrected chi connectivity index (χ4v) is 2.34. The van der Waals surface area contributed by atoms with E-state index in [1.165, 1.54) is 45.1 Å². The van der Waals surface area contributed by atoms with Crippen molar-refractivity contribution in [2.24, 2.45) is 11.1 Å². The van der Waals surface area contributed by atoms with Gasteiger partial charge in [0.1, 0.15) is 0 Å². The quantitative estimate of drug-likeness (QED) is 0.700. The Balaban J connectivity index is 1.70. The van der Waals surface area contributed by atoms with Gasteiger partial charge in [0, 0.05) is 6.04 Å². The van der Waals surface area contributed by atoms with Gasteiger partial charge in [0.2, 0.25) is 0 Å². The van der Waals surface area contributed by atoms with Gasteiger partial charge in [-0.2, -0.15) is 0 Å². The van der Waals surface area contributed by atoms with Gasteiger partial charge in [0.15, 0.2) is 0 Å². The minimum atomic E-state index is 0.545. The Kier molecular flexibility index (Phi) is 2.61. The number of nitrogens with zero attached hydrogens (tertiary/aromatic N) is 1. The van der Waals surface area contributed by atoms with E-state index in [1.54, 1.807) is 0 Å². The van der Waals surface area contributed by atoms with Crippen molar-refractivity contribution in [3.8, 4) is 0 Å². The molecule has 0 bridgehead atoms. The van der Waals surface area contributed by atoms with Crippen LogP contribution in [0.3, 0.4) is 0 Å². The van der Waals surface area contributed by atoms with Crippen LogP contribution in [0.1, 0.15) is 38.5 Å². The van der Waals surface area contributed by atoms with Crippen LogP contribution in [0.5, 0.6) is 0 Å². The Morgan fingerprint density at radius 3 is 2.46 bits per heavy atom. The first-order valence-corrected chi connectivity index (χ1v) is 5.66. The van der Waals surface area contributed by atoms with Crippen LogP contribution in [0, 0.1) is 5.41 Å². The molecule has 2 heteroatoms. The first-order chi connectivity index (χ1) is 6.26. The summed E-state index contributed by atoms with van der Waals surface area (Å²) in [5.74, 6) is 0. The highest BCUT2D eigenvalue weighted by atomic mass is 15.1. The number of rotatable bonds is 5. The van der Waals surface area contributed by atoms with Gasteiger partial charge >= 0.3 is 0 Å². The van der Waals surface area contributed by atoms with E-state index >= 15 is 0 Å². The monoisotopic (exact) mass is 182 g/mol. The molecule has 76 valence electrons.